The van der Waals surface area contributed by atoms with Crippen molar-refractivity contribution in [1.82, 2.24) is 15.1 Å². The summed E-state index contributed by atoms with van der Waals surface area (Å²) in [5.41, 5.74) is 0. The number of piperidine rings is 2. The Morgan fingerprint density at radius 2 is 2.12 bits per heavy atom. The van der Waals surface area contributed by atoms with E-state index in [1.165, 1.54) is 45.4 Å². The quantitative estimate of drug-likeness (QED) is 0.721. The first-order valence-electron chi connectivity index (χ1n) is 6.94. The average molecular weight is 225 g/mol. The van der Waals surface area contributed by atoms with E-state index in [1.807, 2.05) is 0 Å². The fourth-order valence-corrected chi connectivity index (χ4v) is 3.34. The fourth-order valence-electron chi connectivity index (χ4n) is 3.34. The summed E-state index contributed by atoms with van der Waals surface area (Å²) in [5.74, 6) is 0.939. The predicted molar refractivity (Wildman–Crippen MR) is 68.7 cm³/mol. The Balaban J connectivity index is 1.76. The van der Waals surface area contributed by atoms with Gasteiger partial charge in [0.15, 0.2) is 0 Å². The van der Waals surface area contributed by atoms with Crippen LogP contribution in [0.3, 0.4) is 0 Å². The molecule has 1 N–H and O–H groups in total. The van der Waals surface area contributed by atoms with Crippen molar-refractivity contribution in [2.45, 2.75) is 32.2 Å². The maximum atomic E-state index is 3.42. The van der Waals surface area contributed by atoms with Crippen LogP contribution < -0.4 is 5.32 Å². The summed E-state index contributed by atoms with van der Waals surface area (Å²) >= 11 is 0. The topological polar surface area (TPSA) is 18.5 Å². The summed E-state index contributed by atoms with van der Waals surface area (Å²) in [4.78, 5) is 5.25. The van der Waals surface area contributed by atoms with Gasteiger partial charge in [0.05, 0.1) is 0 Å². The third-order valence-corrected chi connectivity index (χ3v) is 4.28. The van der Waals surface area contributed by atoms with Crippen LogP contribution in [0.4, 0.5) is 0 Å². The minimum atomic E-state index is 0.879. The molecule has 0 aromatic heterocycles. The number of rotatable bonds is 4. The molecule has 2 heterocycles. The lowest BCUT2D eigenvalue weighted by molar-refractivity contribution is 0.0392. The summed E-state index contributed by atoms with van der Waals surface area (Å²) < 4.78 is 0. The highest BCUT2D eigenvalue weighted by molar-refractivity contribution is 4.89. The smallest absolute Gasteiger partial charge is 0.0145 e. The Kier molecular flexibility index (Phi) is 4.62. The van der Waals surface area contributed by atoms with Crippen molar-refractivity contribution in [2.75, 3.05) is 46.3 Å². The highest BCUT2D eigenvalue weighted by atomic mass is 15.2. The lowest BCUT2D eigenvalue weighted by Crippen LogP contribution is -2.53. The molecule has 2 rings (SSSR count). The predicted octanol–water partition coefficient (Wildman–Crippen LogP) is 1.01. The van der Waals surface area contributed by atoms with Crippen molar-refractivity contribution in [3.63, 3.8) is 0 Å². The molecule has 2 aliphatic rings. The summed E-state index contributed by atoms with van der Waals surface area (Å²) in [7, 11) is 2.31. The third kappa shape index (κ3) is 2.96. The van der Waals surface area contributed by atoms with Gasteiger partial charge in [0.25, 0.3) is 0 Å². The number of hydrogen-bond acceptors (Lipinski definition) is 3. The molecule has 0 aliphatic carbocycles. The van der Waals surface area contributed by atoms with Gasteiger partial charge in [-0.1, -0.05) is 6.92 Å². The zero-order chi connectivity index (χ0) is 11.4. The van der Waals surface area contributed by atoms with Crippen molar-refractivity contribution >= 4 is 0 Å². The summed E-state index contributed by atoms with van der Waals surface area (Å²) in [6.07, 6.45) is 4.23. The second-order valence-corrected chi connectivity index (χ2v) is 5.39. The molecule has 0 aromatic carbocycles. The fraction of sp³-hybridized carbons (Fsp3) is 1.00. The highest BCUT2D eigenvalue weighted by Gasteiger charge is 2.33. The van der Waals surface area contributed by atoms with Crippen LogP contribution >= 0.6 is 0 Å². The van der Waals surface area contributed by atoms with Crippen LogP contribution in [0, 0.1) is 5.92 Å². The molecule has 16 heavy (non-hydrogen) atoms. The van der Waals surface area contributed by atoms with Crippen molar-refractivity contribution in [3.8, 4) is 0 Å². The van der Waals surface area contributed by atoms with Crippen LogP contribution in [-0.4, -0.2) is 62.2 Å². The van der Waals surface area contributed by atoms with E-state index in [2.05, 4.69) is 29.1 Å². The number of fused-ring (bicyclic) bond motifs is 1. The van der Waals surface area contributed by atoms with Crippen molar-refractivity contribution in [1.29, 1.82) is 0 Å². The van der Waals surface area contributed by atoms with E-state index < -0.39 is 0 Å². The van der Waals surface area contributed by atoms with Gasteiger partial charge in [-0.05, 0) is 51.9 Å². The molecule has 0 radical (unpaired) electrons. The van der Waals surface area contributed by atoms with Crippen LogP contribution in [0.5, 0.6) is 0 Å². The van der Waals surface area contributed by atoms with Crippen LogP contribution in [-0.2, 0) is 0 Å². The van der Waals surface area contributed by atoms with Gasteiger partial charge in [0.2, 0.25) is 0 Å². The van der Waals surface area contributed by atoms with E-state index >= 15 is 0 Å². The van der Waals surface area contributed by atoms with Crippen molar-refractivity contribution in [2.24, 2.45) is 5.92 Å². The molecule has 2 saturated heterocycles. The van der Waals surface area contributed by atoms with E-state index in [9.17, 15) is 0 Å². The summed E-state index contributed by atoms with van der Waals surface area (Å²) in [5, 5.41) is 3.42. The number of hydrogen-bond donors (Lipinski definition) is 1. The van der Waals surface area contributed by atoms with Crippen LogP contribution in [0.15, 0.2) is 0 Å². The average Bonchev–Trinajstić information content (AvgIpc) is 2.30. The second-order valence-electron chi connectivity index (χ2n) is 5.39. The molecule has 0 amide bonds. The molecular formula is C13H27N3. The van der Waals surface area contributed by atoms with Gasteiger partial charge in [-0.2, -0.15) is 0 Å². The Labute approximate surface area is 100 Å². The zero-order valence-electron chi connectivity index (χ0n) is 10.9. The Hall–Kier alpha value is -0.120. The van der Waals surface area contributed by atoms with Crippen LogP contribution in [0.1, 0.15) is 26.2 Å². The van der Waals surface area contributed by atoms with Gasteiger partial charge in [-0.3, -0.25) is 0 Å². The lowest BCUT2D eigenvalue weighted by Gasteiger charge is -2.46. The number of nitrogens with one attached hydrogen (secondary N) is 1. The van der Waals surface area contributed by atoms with E-state index in [-0.39, 0.29) is 0 Å². The first-order valence-corrected chi connectivity index (χ1v) is 6.94. The molecule has 3 nitrogen and oxygen atoms in total. The molecule has 94 valence electrons. The normalized spacial score (nSPS) is 32.6. The Morgan fingerprint density at radius 1 is 1.25 bits per heavy atom. The lowest BCUT2D eigenvalue weighted by atomic mass is 9.84. The van der Waals surface area contributed by atoms with Crippen molar-refractivity contribution < 1.29 is 0 Å². The molecular weight excluding hydrogens is 198 g/mol. The number of nitrogens with zero attached hydrogens (tertiary/aromatic N) is 2. The van der Waals surface area contributed by atoms with Gasteiger partial charge in [0.1, 0.15) is 0 Å². The van der Waals surface area contributed by atoms with Gasteiger partial charge in [-0.25, -0.2) is 0 Å². The monoisotopic (exact) mass is 225 g/mol. The molecule has 0 aromatic rings. The third-order valence-electron chi connectivity index (χ3n) is 4.28. The zero-order valence-corrected chi connectivity index (χ0v) is 10.9. The van der Waals surface area contributed by atoms with E-state index in [0.717, 1.165) is 25.0 Å². The molecule has 3 heteroatoms. The summed E-state index contributed by atoms with van der Waals surface area (Å²) in [6.45, 7) is 9.63. The van der Waals surface area contributed by atoms with Gasteiger partial charge in [0, 0.05) is 25.7 Å². The molecule has 2 fully saturated rings. The van der Waals surface area contributed by atoms with Gasteiger partial charge >= 0.3 is 0 Å². The SMILES string of the molecule is CCNCCN1CCC2C(CCCN2C)C1. The Morgan fingerprint density at radius 3 is 2.94 bits per heavy atom. The Bertz CT molecular complexity index is 207. The molecule has 2 aliphatic heterocycles. The first-order chi connectivity index (χ1) is 7.81. The maximum Gasteiger partial charge on any atom is 0.0145 e. The summed E-state index contributed by atoms with van der Waals surface area (Å²) in [6, 6.07) is 0.879. The minimum absolute atomic E-state index is 0.879. The molecule has 0 saturated carbocycles. The number of likely N-dealkylation sites (N-methyl/N-ethyl adjacent to an activating group) is 1. The van der Waals surface area contributed by atoms with Crippen molar-refractivity contribution in [3.05, 3.63) is 0 Å². The molecule has 0 spiro atoms. The van der Waals surface area contributed by atoms with Gasteiger partial charge in [-0.15, -0.1) is 0 Å². The van der Waals surface area contributed by atoms with E-state index in [0.29, 0.717) is 0 Å². The van der Waals surface area contributed by atoms with Crippen LogP contribution in [0.2, 0.25) is 0 Å². The number of likely N-dealkylation sites (tertiary alicyclic amines) is 2. The first kappa shape index (κ1) is 12.3. The standard InChI is InChI=1S/C13H27N3/c1-3-14-7-10-16-9-6-13-12(11-16)5-4-8-15(13)2/h12-14H,3-11H2,1-2H3. The van der Waals surface area contributed by atoms with E-state index in [4.69, 9.17) is 0 Å². The van der Waals surface area contributed by atoms with Gasteiger partial charge < -0.3 is 15.1 Å². The van der Waals surface area contributed by atoms with E-state index in [1.54, 1.807) is 0 Å². The minimum Gasteiger partial charge on any atom is -0.316 e. The highest BCUT2D eigenvalue weighted by Crippen LogP contribution is 2.29. The molecule has 2 unspecified atom stereocenters. The van der Waals surface area contributed by atoms with Crippen LogP contribution in [0.25, 0.3) is 0 Å². The molecule has 2 atom stereocenters. The molecule has 0 bridgehead atoms. The maximum absolute atomic E-state index is 3.42. The second kappa shape index (κ2) is 5.99. The largest absolute Gasteiger partial charge is 0.316 e.